The van der Waals surface area contributed by atoms with Crippen molar-refractivity contribution in [2.24, 2.45) is 0 Å². The number of nitrogens with zero attached hydrogens (tertiary/aromatic N) is 1. The van der Waals surface area contributed by atoms with Gasteiger partial charge in [-0.05, 0) is 31.5 Å². The molecule has 0 saturated carbocycles. The van der Waals surface area contributed by atoms with Crippen molar-refractivity contribution in [1.82, 2.24) is 14.9 Å². The molecule has 0 unspecified atom stereocenters. The highest BCUT2D eigenvalue weighted by atomic mass is 32.2. The van der Waals surface area contributed by atoms with Gasteiger partial charge in [-0.3, -0.25) is 4.79 Å². The molecule has 2 heterocycles. The third-order valence-electron chi connectivity index (χ3n) is 4.35. The summed E-state index contributed by atoms with van der Waals surface area (Å²) in [6, 6.07) is 6.43. The molecular weight excluding hydrogens is 330 g/mol. The Kier molecular flexibility index (Phi) is 5.50. The minimum Gasteiger partial charge on any atom is -0.379 e. The molecule has 2 aliphatic rings. The summed E-state index contributed by atoms with van der Waals surface area (Å²) >= 11 is 0. The molecule has 2 N–H and O–H groups in total. The van der Waals surface area contributed by atoms with Crippen molar-refractivity contribution in [3.8, 4) is 0 Å². The van der Waals surface area contributed by atoms with Crippen LogP contribution in [-0.4, -0.2) is 64.1 Å². The van der Waals surface area contributed by atoms with Gasteiger partial charge >= 0.3 is 0 Å². The number of benzene rings is 1. The Hall–Kier alpha value is -1.48. The molecule has 3 rings (SSSR count). The van der Waals surface area contributed by atoms with Crippen molar-refractivity contribution < 1.29 is 17.9 Å². The van der Waals surface area contributed by atoms with E-state index in [2.05, 4.69) is 10.6 Å². The number of morpholine rings is 1. The first-order valence-electron chi connectivity index (χ1n) is 8.27. The quantitative estimate of drug-likeness (QED) is 0.807. The van der Waals surface area contributed by atoms with Gasteiger partial charge in [-0.15, -0.1) is 0 Å². The minimum atomic E-state index is -3.70. The number of carbonyl (C=O) groups is 1. The average Bonchev–Trinajstić information content (AvgIpc) is 2.63. The van der Waals surface area contributed by atoms with Crippen LogP contribution >= 0.6 is 0 Å². The Bertz CT molecular complexity index is 680. The van der Waals surface area contributed by atoms with E-state index in [0.29, 0.717) is 32.8 Å². The van der Waals surface area contributed by atoms with Gasteiger partial charge in [0, 0.05) is 25.7 Å². The summed E-state index contributed by atoms with van der Waals surface area (Å²) in [5.74, 6) is -0.337. The van der Waals surface area contributed by atoms with E-state index >= 15 is 0 Å². The normalized spacial score (nSPS) is 22.9. The standard InChI is InChI=1S/C16H23N3O4S/c20-16(18-13-4-3-7-17-12-13)14-5-1-2-6-15(14)24(21,22)19-8-10-23-11-9-19/h1-2,5-6,13,17H,3-4,7-12H2,(H,18,20)/t13-/m0/s1. The molecule has 2 saturated heterocycles. The van der Waals surface area contributed by atoms with Gasteiger partial charge in [0.1, 0.15) is 0 Å². The molecule has 0 bridgehead atoms. The Labute approximate surface area is 142 Å². The summed E-state index contributed by atoms with van der Waals surface area (Å²) < 4.78 is 32.4. The minimum absolute atomic E-state index is 0.0328. The highest BCUT2D eigenvalue weighted by Gasteiger charge is 2.30. The number of amides is 1. The molecule has 1 aromatic rings. The van der Waals surface area contributed by atoms with E-state index in [1.807, 2.05) is 0 Å². The lowest BCUT2D eigenvalue weighted by atomic mass is 10.1. The van der Waals surface area contributed by atoms with Crippen molar-refractivity contribution in [3.63, 3.8) is 0 Å². The van der Waals surface area contributed by atoms with E-state index in [4.69, 9.17) is 4.74 Å². The van der Waals surface area contributed by atoms with Gasteiger partial charge in [0.25, 0.3) is 5.91 Å². The van der Waals surface area contributed by atoms with Gasteiger partial charge in [0.05, 0.1) is 23.7 Å². The number of nitrogens with one attached hydrogen (secondary N) is 2. The fourth-order valence-corrected chi connectivity index (χ4v) is 4.64. The maximum Gasteiger partial charge on any atom is 0.252 e. The third kappa shape index (κ3) is 3.77. The van der Waals surface area contributed by atoms with Crippen molar-refractivity contribution >= 4 is 15.9 Å². The van der Waals surface area contributed by atoms with Crippen LogP contribution in [-0.2, 0) is 14.8 Å². The summed E-state index contributed by atoms with van der Waals surface area (Å²) in [7, 11) is -3.70. The number of carbonyl (C=O) groups excluding carboxylic acids is 1. The van der Waals surface area contributed by atoms with E-state index in [9.17, 15) is 13.2 Å². The molecule has 1 amide bonds. The van der Waals surface area contributed by atoms with E-state index in [0.717, 1.165) is 19.4 Å². The number of sulfonamides is 1. The molecule has 1 aromatic carbocycles. The number of rotatable bonds is 4. The topological polar surface area (TPSA) is 87.7 Å². The SMILES string of the molecule is O=C(N[C@H]1CCCNC1)c1ccccc1S(=O)(=O)N1CCOCC1. The second kappa shape index (κ2) is 7.60. The second-order valence-corrected chi connectivity index (χ2v) is 7.94. The molecule has 1 atom stereocenters. The largest absolute Gasteiger partial charge is 0.379 e. The van der Waals surface area contributed by atoms with E-state index in [-0.39, 0.29) is 22.4 Å². The molecule has 0 aromatic heterocycles. The molecule has 132 valence electrons. The number of piperidine rings is 1. The molecule has 0 spiro atoms. The lowest BCUT2D eigenvalue weighted by Gasteiger charge is -2.27. The van der Waals surface area contributed by atoms with Crippen LogP contribution in [0.1, 0.15) is 23.2 Å². The zero-order chi connectivity index (χ0) is 17.0. The molecule has 8 heteroatoms. The smallest absolute Gasteiger partial charge is 0.252 e. The maximum absolute atomic E-state index is 12.9. The Balaban J connectivity index is 1.82. The predicted molar refractivity (Wildman–Crippen MR) is 89.4 cm³/mol. The van der Waals surface area contributed by atoms with Gasteiger partial charge in [0.15, 0.2) is 0 Å². The summed E-state index contributed by atoms with van der Waals surface area (Å²) in [4.78, 5) is 12.7. The first-order valence-corrected chi connectivity index (χ1v) is 9.71. The molecule has 0 aliphatic carbocycles. The first kappa shape index (κ1) is 17.3. The summed E-state index contributed by atoms with van der Waals surface area (Å²) in [6.45, 7) is 3.04. The van der Waals surface area contributed by atoms with E-state index < -0.39 is 10.0 Å². The van der Waals surface area contributed by atoms with Gasteiger partial charge in [-0.25, -0.2) is 8.42 Å². The molecular formula is C16H23N3O4S. The van der Waals surface area contributed by atoms with E-state index in [1.165, 1.54) is 10.4 Å². The van der Waals surface area contributed by atoms with Crippen LogP contribution in [0.5, 0.6) is 0 Å². The van der Waals surface area contributed by atoms with Crippen molar-refractivity contribution in [3.05, 3.63) is 29.8 Å². The fraction of sp³-hybridized carbons (Fsp3) is 0.562. The van der Waals surface area contributed by atoms with Gasteiger partial charge < -0.3 is 15.4 Å². The Morgan fingerprint density at radius 1 is 1.25 bits per heavy atom. The van der Waals surface area contributed by atoms with Crippen molar-refractivity contribution in [2.45, 2.75) is 23.8 Å². The highest BCUT2D eigenvalue weighted by Crippen LogP contribution is 2.21. The predicted octanol–water partition coefficient (Wildman–Crippen LogP) is 0.189. The van der Waals surface area contributed by atoms with E-state index in [1.54, 1.807) is 18.2 Å². The van der Waals surface area contributed by atoms with Crippen LogP contribution in [0, 0.1) is 0 Å². The van der Waals surface area contributed by atoms with Crippen LogP contribution in [0.15, 0.2) is 29.2 Å². The number of hydrogen-bond donors (Lipinski definition) is 2. The maximum atomic E-state index is 12.9. The zero-order valence-corrected chi connectivity index (χ0v) is 14.3. The van der Waals surface area contributed by atoms with Crippen LogP contribution < -0.4 is 10.6 Å². The van der Waals surface area contributed by atoms with Crippen LogP contribution in [0.3, 0.4) is 0 Å². The summed E-state index contributed by atoms with van der Waals surface area (Å²) in [5.41, 5.74) is 0.203. The monoisotopic (exact) mass is 353 g/mol. The van der Waals surface area contributed by atoms with Gasteiger partial charge in [-0.2, -0.15) is 4.31 Å². The highest BCUT2D eigenvalue weighted by molar-refractivity contribution is 7.89. The molecule has 2 fully saturated rings. The van der Waals surface area contributed by atoms with Crippen LogP contribution in [0.4, 0.5) is 0 Å². The van der Waals surface area contributed by atoms with Crippen molar-refractivity contribution in [1.29, 1.82) is 0 Å². The lowest BCUT2D eigenvalue weighted by Crippen LogP contribution is -2.46. The lowest BCUT2D eigenvalue weighted by molar-refractivity contribution is 0.0729. The average molecular weight is 353 g/mol. The molecule has 0 radical (unpaired) electrons. The molecule has 7 nitrogen and oxygen atoms in total. The molecule has 2 aliphatic heterocycles. The summed E-state index contributed by atoms with van der Waals surface area (Å²) in [5, 5.41) is 6.17. The van der Waals surface area contributed by atoms with Crippen LogP contribution in [0.25, 0.3) is 0 Å². The van der Waals surface area contributed by atoms with Crippen LogP contribution in [0.2, 0.25) is 0 Å². The van der Waals surface area contributed by atoms with Gasteiger partial charge in [0.2, 0.25) is 10.0 Å². The summed E-state index contributed by atoms with van der Waals surface area (Å²) in [6.07, 6.45) is 1.90. The Morgan fingerprint density at radius 3 is 2.71 bits per heavy atom. The zero-order valence-electron chi connectivity index (χ0n) is 13.5. The first-order chi connectivity index (χ1) is 11.6. The number of ether oxygens (including phenoxy) is 1. The fourth-order valence-electron chi connectivity index (χ4n) is 3.04. The van der Waals surface area contributed by atoms with Gasteiger partial charge in [-0.1, -0.05) is 12.1 Å². The number of hydrogen-bond acceptors (Lipinski definition) is 5. The third-order valence-corrected chi connectivity index (χ3v) is 6.31. The Morgan fingerprint density at radius 2 is 2.00 bits per heavy atom. The van der Waals surface area contributed by atoms with Crippen molar-refractivity contribution in [2.75, 3.05) is 39.4 Å². The second-order valence-electron chi connectivity index (χ2n) is 6.03. The molecule has 24 heavy (non-hydrogen) atoms.